The van der Waals surface area contributed by atoms with E-state index in [1.807, 2.05) is 49.4 Å². The Balaban J connectivity index is 1.96. The van der Waals surface area contributed by atoms with E-state index in [4.69, 9.17) is 10.5 Å². The van der Waals surface area contributed by atoms with Gasteiger partial charge in [0, 0.05) is 11.4 Å². The second kappa shape index (κ2) is 6.61. The van der Waals surface area contributed by atoms with E-state index in [0.717, 1.165) is 17.0 Å². The number of rotatable bonds is 5. The highest BCUT2D eigenvalue weighted by atomic mass is 16.5. The van der Waals surface area contributed by atoms with Crippen LogP contribution < -0.4 is 15.8 Å². The maximum Gasteiger partial charge on any atom is 0.228 e. The predicted molar refractivity (Wildman–Crippen MR) is 80.8 cm³/mol. The van der Waals surface area contributed by atoms with E-state index in [-0.39, 0.29) is 12.3 Å². The lowest BCUT2D eigenvalue weighted by atomic mass is 10.1. The number of benzene rings is 2. The Morgan fingerprint density at radius 1 is 1.15 bits per heavy atom. The van der Waals surface area contributed by atoms with Crippen molar-refractivity contribution in [1.82, 2.24) is 0 Å². The van der Waals surface area contributed by atoms with Gasteiger partial charge in [0.25, 0.3) is 0 Å². The summed E-state index contributed by atoms with van der Waals surface area (Å²) in [5.41, 5.74) is 8.03. The average molecular weight is 270 g/mol. The summed E-state index contributed by atoms with van der Waals surface area (Å²) < 4.78 is 5.35. The van der Waals surface area contributed by atoms with Crippen molar-refractivity contribution in [1.29, 1.82) is 0 Å². The highest BCUT2D eigenvalue weighted by molar-refractivity contribution is 5.93. The van der Waals surface area contributed by atoms with Crippen molar-refractivity contribution in [3.63, 3.8) is 0 Å². The van der Waals surface area contributed by atoms with Crippen molar-refractivity contribution in [2.75, 3.05) is 17.7 Å². The van der Waals surface area contributed by atoms with Gasteiger partial charge in [-0.05, 0) is 42.8 Å². The lowest BCUT2D eigenvalue weighted by Gasteiger charge is -2.08. The molecule has 4 heteroatoms. The van der Waals surface area contributed by atoms with E-state index < -0.39 is 0 Å². The standard InChI is InChI=1S/C16H18N2O2/c1-2-20-14-9-7-13(8-10-14)18-16(19)11-12-5-3-4-6-15(12)17/h3-10H,2,11,17H2,1H3,(H,18,19). The van der Waals surface area contributed by atoms with E-state index in [1.165, 1.54) is 0 Å². The highest BCUT2D eigenvalue weighted by Gasteiger charge is 2.06. The first-order chi connectivity index (χ1) is 9.69. The molecule has 1 amide bonds. The number of carbonyl (C=O) groups excluding carboxylic acids is 1. The van der Waals surface area contributed by atoms with Crippen molar-refractivity contribution in [3.05, 3.63) is 54.1 Å². The summed E-state index contributed by atoms with van der Waals surface area (Å²) >= 11 is 0. The third kappa shape index (κ3) is 3.75. The lowest BCUT2D eigenvalue weighted by molar-refractivity contribution is -0.115. The molecule has 0 aromatic heterocycles. The Morgan fingerprint density at radius 3 is 2.50 bits per heavy atom. The van der Waals surface area contributed by atoms with Crippen LogP contribution in [0.5, 0.6) is 5.75 Å². The average Bonchev–Trinajstić information content (AvgIpc) is 2.44. The molecule has 20 heavy (non-hydrogen) atoms. The van der Waals surface area contributed by atoms with Crippen LogP contribution in [0.1, 0.15) is 12.5 Å². The van der Waals surface area contributed by atoms with Crippen LogP contribution in [0, 0.1) is 0 Å². The fourth-order valence-electron chi connectivity index (χ4n) is 1.87. The van der Waals surface area contributed by atoms with Gasteiger partial charge in [-0.15, -0.1) is 0 Å². The zero-order valence-electron chi connectivity index (χ0n) is 11.4. The van der Waals surface area contributed by atoms with Gasteiger partial charge >= 0.3 is 0 Å². The molecular formula is C16H18N2O2. The third-order valence-corrected chi connectivity index (χ3v) is 2.86. The third-order valence-electron chi connectivity index (χ3n) is 2.86. The first kappa shape index (κ1) is 13.9. The fraction of sp³-hybridized carbons (Fsp3) is 0.188. The smallest absolute Gasteiger partial charge is 0.228 e. The second-order valence-corrected chi connectivity index (χ2v) is 4.38. The SMILES string of the molecule is CCOc1ccc(NC(=O)Cc2ccccc2N)cc1. The van der Waals surface area contributed by atoms with Gasteiger partial charge in [0.1, 0.15) is 5.75 Å². The topological polar surface area (TPSA) is 64.3 Å². The summed E-state index contributed by atoms with van der Waals surface area (Å²) in [6.45, 7) is 2.55. The van der Waals surface area contributed by atoms with Gasteiger partial charge in [0.05, 0.1) is 13.0 Å². The van der Waals surface area contributed by atoms with Crippen molar-refractivity contribution in [3.8, 4) is 5.75 Å². The van der Waals surface area contributed by atoms with Gasteiger partial charge in [0.15, 0.2) is 0 Å². The number of nitrogens with one attached hydrogen (secondary N) is 1. The number of hydrogen-bond acceptors (Lipinski definition) is 3. The maximum atomic E-state index is 11.9. The minimum absolute atomic E-state index is 0.0907. The summed E-state index contributed by atoms with van der Waals surface area (Å²) in [5.74, 6) is 0.699. The van der Waals surface area contributed by atoms with Crippen LogP contribution in [0.3, 0.4) is 0 Å². The predicted octanol–water partition coefficient (Wildman–Crippen LogP) is 2.85. The highest BCUT2D eigenvalue weighted by Crippen LogP contribution is 2.17. The summed E-state index contributed by atoms with van der Waals surface area (Å²) in [6.07, 6.45) is 0.264. The molecule has 104 valence electrons. The monoisotopic (exact) mass is 270 g/mol. The molecule has 0 aliphatic rings. The molecule has 0 saturated heterocycles. The number of para-hydroxylation sites is 1. The van der Waals surface area contributed by atoms with Gasteiger partial charge in [0.2, 0.25) is 5.91 Å². The summed E-state index contributed by atoms with van der Waals surface area (Å²) in [7, 11) is 0. The number of hydrogen-bond donors (Lipinski definition) is 2. The number of nitrogens with two attached hydrogens (primary N) is 1. The van der Waals surface area contributed by atoms with E-state index in [9.17, 15) is 4.79 Å². The summed E-state index contributed by atoms with van der Waals surface area (Å²) in [6, 6.07) is 14.7. The molecule has 2 aromatic carbocycles. The van der Waals surface area contributed by atoms with Crippen molar-refractivity contribution in [2.45, 2.75) is 13.3 Å². The first-order valence-electron chi connectivity index (χ1n) is 6.55. The lowest BCUT2D eigenvalue weighted by Crippen LogP contribution is -2.15. The van der Waals surface area contributed by atoms with Crippen LogP contribution in [-0.4, -0.2) is 12.5 Å². The summed E-state index contributed by atoms with van der Waals surface area (Å²) in [5, 5.41) is 2.84. The largest absolute Gasteiger partial charge is 0.494 e. The van der Waals surface area contributed by atoms with Crippen LogP contribution in [0.25, 0.3) is 0 Å². The Labute approximate surface area is 118 Å². The number of nitrogen functional groups attached to an aromatic ring is 1. The number of carbonyl (C=O) groups is 1. The van der Waals surface area contributed by atoms with Crippen LogP contribution in [0.15, 0.2) is 48.5 Å². The minimum Gasteiger partial charge on any atom is -0.494 e. The molecule has 0 bridgehead atoms. The molecule has 0 saturated carbocycles. The Kier molecular flexibility index (Phi) is 4.60. The Hall–Kier alpha value is -2.49. The summed E-state index contributed by atoms with van der Waals surface area (Å²) in [4.78, 5) is 11.9. The molecule has 4 nitrogen and oxygen atoms in total. The fourth-order valence-corrected chi connectivity index (χ4v) is 1.87. The number of ether oxygens (including phenoxy) is 1. The zero-order chi connectivity index (χ0) is 14.4. The van der Waals surface area contributed by atoms with Gasteiger partial charge in [-0.2, -0.15) is 0 Å². The quantitative estimate of drug-likeness (QED) is 0.821. The van der Waals surface area contributed by atoms with E-state index in [1.54, 1.807) is 6.07 Å². The molecule has 2 rings (SSSR count). The molecule has 0 aliphatic carbocycles. The molecule has 0 spiro atoms. The van der Waals surface area contributed by atoms with E-state index in [2.05, 4.69) is 5.32 Å². The Bertz CT molecular complexity index is 579. The van der Waals surface area contributed by atoms with Crippen molar-refractivity contribution in [2.24, 2.45) is 0 Å². The van der Waals surface area contributed by atoms with Crippen LogP contribution in [-0.2, 0) is 11.2 Å². The van der Waals surface area contributed by atoms with Gasteiger partial charge in [-0.25, -0.2) is 0 Å². The van der Waals surface area contributed by atoms with E-state index >= 15 is 0 Å². The second-order valence-electron chi connectivity index (χ2n) is 4.38. The molecule has 0 aliphatic heterocycles. The van der Waals surface area contributed by atoms with Crippen LogP contribution in [0.4, 0.5) is 11.4 Å². The minimum atomic E-state index is -0.0907. The van der Waals surface area contributed by atoms with Gasteiger partial charge < -0.3 is 15.8 Å². The molecule has 0 fully saturated rings. The molecule has 0 radical (unpaired) electrons. The van der Waals surface area contributed by atoms with Crippen molar-refractivity contribution >= 4 is 17.3 Å². The number of amides is 1. The normalized spacial score (nSPS) is 10.1. The molecular weight excluding hydrogens is 252 g/mol. The zero-order valence-corrected chi connectivity index (χ0v) is 11.4. The molecule has 0 atom stereocenters. The molecule has 3 N–H and O–H groups in total. The Morgan fingerprint density at radius 2 is 1.85 bits per heavy atom. The van der Waals surface area contributed by atoms with E-state index in [0.29, 0.717) is 12.3 Å². The maximum absolute atomic E-state index is 11.9. The van der Waals surface area contributed by atoms with Gasteiger partial charge in [-0.1, -0.05) is 18.2 Å². The van der Waals surface area contributed by atoms with Crippen LogP contribution in [0.2, 0.25) is 0 Å². The molecule has 0 heterocycles. The van der Waals surface area contributed by atoms with Crippen molar-refractivity contribution < 1.29 is 9.53 Å². The van der Waals surface area contributed by atoms with Gasteiger partial charge in [-0.3, -0.25) is 4.79 Å². The number of anilines is 2. The molecule has 2 aromatic rings. The molecule has 0 unspecified atom stereocenters. The first-order valence-corrected chi connectivity index (χ1v) is 6.55. The van der Waals surface area contributed by atoms with Crippen LogP contribution >= 0.6 is 0 Å².